The van der Waals surface area contributed by atoms with E-state index in [0.29, 0.717) is 5.92 Å². The smallest absolute Gasteiger partial charge is 0.0425 e. The van der Waals surface area contributed by atoms with E-state index in [1.165, 1.54) is 27.9 Å². The molecule has 4 aromatic rings. The summed E-state index contributed by atoms with van der Waals surface area (Å²) in [7, 11) is 0. The quantitative estimate of drug-likeness (QED) is 0.362. The van der Waals surface area contributed by atoms with Gasteiger partial charge in [-0.2, -0.15) is 0 Å². The Morgan fingerprint density at radius 3 is 1.62 bits per heavy atom. The van der Waals surface area contributed by atoms with E-state index >= 15 is 0 Å². The largest absolute Gasteiger partial charge is 0.355 e. The van der Waals surface area contributed by atoms with Crippen LogP contribution in [0.15, 0.2) is 109 Å². The fourth-order valence-corrected chi connectivity index (χ4v) is 4.06. The fourth-order valence-electron chi connectivity index (χ4n) is 4.06. The Bertz CT molecular complexity index is 1040. The first-order valence-electron chi connectivity index (χ1n) is 10.3. The molecule has 4 aromatic carbocycles. The van der Waals surface area contributed by atoms with Gasteiger partial charge in [0.1, 0.15) is 0 Å². The van der Waals surface area contributed by atoms with Crippen molar-refractivity contribution in [2.75, 3.05) is 5.32 Å². The van der Waals surface area contributed by atoms with Crippen molar-refractivity contribution < 1.29 is 0 Å². The van der Waals surface area contributed by atoms with Gasteiger partial charge in [-0.25, -0.2) is 0 Å². The highest BCUT2D eigenvalue weighted by Crippen LogP contribution is 2.39. The van der Waals surface area contributed by atoms with Crippen LogP contribution in [0.25, 0.3) is 0 Å². The van der Waals surface area contributed by atoms with Crippen LogP contribution in [0.4, 0.5) is 11.4 Å². The first-order valence-corrected chi connectivity index (χ1v) is 10.3. The molecule has 4 rings (SSSR count). The zero-order valence-corrected chi connectivity index (χ0v) is 17.0. The molecule has 0 amide bonds. The summed E-state index contributed by atoms with van der Waals surface area (Å²) in [5.41, 5.74) is 7.68. The number of hydrogen-bond acceptors (Lipinski definition) is 1. The number of para-hydroxylation sites is 1. The van der Waals surface area contributed by atoms with Crippen LogP contribution in [0.3, 0.4) is 0 Å². The van der Waals surface area contributed by atoms with Gasteiger partial charge in [-0.3, -0.25) is 0 Å². The summed E-state index contributed by atoms with van der Waals surface area (Å²) in [6.07, 6.45) is 0. The van der Waals surface area contributed by atoms with Gasteiger partial charge in [0.15, 0.2) is 0 Å². The SMILES string of the molecule is CC(c1ccccc1)c1cccc(Nc2ccccc2)c1C(C)c1ccccc1. The average Bonchev–Trinajstić information content (AvgIpc) is 2.80. The maximum absolute atomic E-state index is 3.67. The molecule has 0 spiro atoms. The zero-order chi connectivity index (χ0) is 20.1. The third kappa shape index (κ3) is 4.25. The van der Waals surface area contributed by atoms with Crippen LogP contribution in [-0.2, 0) is 0 Å². The molecule has 29 heavy (non-hydrogen) atoms. The van der Waals surface area contributed by atoms with Crippen molar-refractivity contribution in [3.8, 4) is 0 Å². The van der Waals surface area contributed by atoms with Gasteiger partial charge in [0, 0.05) is 23.2 Å². The molecule has 0 fully saturated rings. The third-order valence-corrected chi connectivity index (χ3v) is 5.69. The van der Waals surface area contributed by atoms with Crippen molar-refractivity contribution in [1.29, 1.82) is 0 Å². The lowest BCUT2D eigenvalue weighted by Crippen LogP contribution is -2.09. The molecule has 0 aromatic heterocycles. The van der Waals surface area contributed by atoms with Crippen LogP contribution in [0, 0.1) is 0 Å². The van der Waals surface area contributed by atoms with E-state index < -0.39 is 0 Å². The second-order valence-electron chi connectivity index (χ2n) is 7.56. The number of nitrogens with one attached hydrogen (secondary N) is 1. The highest BCUT2D eigenvalue weighted by atomic mass is 14.9. The Kier molecular flexibility index (Phi) is 5.76. The lowest BCUT2D eigenvalue weighted by atomic mass is 9.82. The predicted octanol–water partition coefficient (Wildman–Crippen LogP) is 7.73. The van der Waals surface area contributed by atoms with E-state index in [1.807, 2.05) is 6.07 Å². The molecular weight excluding hydrogens is 350 g/mol. The average molecular weight is 378 g/mol. The molecule has 1 heteroatoms. The zero-order valence-electron chi connectivity index (χ0n) is 17.0. The van der Waals surface area contributed by atoms with E-state index in [2.05, 4.69) is 122 Å². The summed E-state index contributed by atoms with van der Waals surface area (Å²) in [5.74, 6) is 0.597. The predicted molar refractivity (Wildman–Crippen MR) is 124 cm³/mol. The number of benzene rings is 4. The second kappa shape index (κ2) is 8.79. The van der Waals surface area contributed by atoms with Crippen molar-refractivity contribution in [3.63, 3.8) is 0 Å². The van der Waals surface area contributed by atoms with Crippen LogP contribution in [0.2, 0.25) is 0 Å². The molecule has 0 saturated heterocycles. The van der Waals surface area contributed by atoms with Crippen molar-refractivity contribution in [2.24, 2.45) is 0 Å². The maximum Gasteiger partial charge on any atom is 0.0425 e. The van der Waals surface area contributed by atoms with Crippen molar-refractivity contribution in [1.82, 2.24) is 0 Å². The number of anilines is 2. The number of rotatable bonds is 6. The Hall–Kier alpha value is -3.32. The Morgan fingerprint density at radius 1 is 0.517 bits per heavy atom. The topological polar surface area (TPSA) is 12.0 Å². The lowest BCUT2D eigenvalue weighted by Gasteiger charge is -2.25. The van der Waals surface area contributed by atoms with Gasteiger partial charge in [-0.1, -0.05) is 105 Å². The first-order chi connectivity index (χ1) is 14.2. The summed E-state index contributed by atoms with van der Waals surface area (Å²) in [5, 5.41) is 3.67. The molecule has 144 valence electrons. The molecule has 0 radical (unpaired) electrons. The molecule has 2 atom stereocenters. The summed E-state index contributed by atoms with van der Waals surface area (Å²) >= 11 is 0. The van der Waals surface area contributed by atoms with Crippen LogP contribution in [-0.4, -0.2) is 0 Å². The van der Waals surface area contributed by atoms with Gasteiger partial charge in [0.25, 0.3) is 0 Å². The third-order valence-electron chi connectivity index (χ3n) is 5.69. The van der Waals surface area contributed by atoms with Gasteiger partial charge in [0.05, 0.1) is 0 Å². The van der Waals surface area contributed by atoms with Gasteiger partial charge in [-0.15, -0.1) is 0 Å². The fraction of sp³-hybridized carbons (Fsp3) is 0.143. The molecule has 0 aliphatic carbocycles. The minimum Gasteiger partial charge on any atom is -0.355 e. The molecule has 0 bridgehead atoms. The molecule has 2 unspecified atom stereocenters. The van der Waals surface area contributed by atoms with E-state index in [4.69, 9.17) is 0 Å². The van der Waals surface area contributed by atoms with Crippen LogP contribution < -0.4 is 5.32 Å². The molecule has 0 saturated carbocycles. The van der Waals surface area contributed by atoms with Crippen LogP contribution >= 0.6 is 0 Å². The monoisotopic (exact) mass is 377 g/mol. The van der Waals surface area contributed by atoms with Gasteiger partial charge < -0.3 is 5.32 Å². The summed E-state index contributed by atoms with van der Waals surface area (Å²) in [4.78, 5) is 0. The first kappa shape index (κ1) is 19.0. The van der Waals surface area contributed by atoms with Crippen molar-refractivity contribution in [2.45, 2.75) is 25.7 Å². The van der Waals surface area contributed by atoms with Crippen molar-refractivity contribution >= 4 is 11.4 Å². The molecule has 0 aliphatic heterocycles. The lowest BCUT2D eigenvalue weighted by molar-refractivity contribution is 0.845. The normalized spacial score (nSPS) is 12.9. The van der Waals surface area contributed by atoms with Gasteiger partial charge in [-0.05, 0) is 40.5 Å². The van der Waals surface area contributed by atoms with Crippen LogP contribution in [0.5, 0.6) is 0 Å². The molecule has 1 N–H and O–H groups in total. The molecule has 0 aliphatic rings. The molecule has 1 nitrogen and oxygen atoms in total. The minimum atomic E-state index is 0.282. The molecule has 0 heterocycles. The minimum absolute atomic E-state index is 0.282. The van der Waals surface area contributed by atoms with Crippen molar-refractivity contribution in [3.05, 3.63) is 131 Å². The van der Waals surface area contributed by atoms with Gasteiger partial charge >= 0.3 is 0 Å². The highest BCUT2D eigenvalue weighted by Gasteiger charge is 2.21. The highest BCUT2D eigenvalue weighted by molar-refractivity contribution is 5.67. The Balaban J connectivity index is 1.83. The number of hydrogen-bond donors (Lipinski definition) is 1. The van der Waals surface area contributed by atoms with E-state index in [1.54, 1.807) is 0 Å². The Morgan fingerprint density at radius 2 is 1.03 bits per heavy atom. The summed E-state index contributed by atoms with van der Waals surface area (Å²) in [6.45, 7) is 4.61. The summed E-state index contributed by atoms with van der Waals surface area (Å²) < 4.78 is 0. The standard InChI is InChI=1S/C28H27N/c1-21(23-13-6-3-7-14-23)26-19-12-20-27(29-25-17-10-5-11-18-25)28(26)22(2)24-15-8-4-9-16-24/h3-22,29H,1-2H3. The van der Waals surface area contributed by atoms with E-state index in [9.17, 15) is 0 Å². The van der Waals surface area contributed by atoms with E-state index in [-0.39, 0.29) is 5.92 Å². The van der Waals surface area contributed by atoms with Crippen LogP contribution in [0.1, 0.15) is 47.9 Å². The van der Waals surface area contributed by atoms with E-state index in [0.717, 1.165) is 5.69 Å². The summed E-state index contributed by atoms with van der Waals surface area (Å²) in [6, 6.07) is 38.6. The maximum atomic E-state index is 3.67. The van der Waals surface area contributed by atoms with Gasteiger partial charge in [0.2, 0.25) is 0 Å². The second-order valence-corrected chi connectivity index (χ2v) is 7.56. The molecular formula is C28H27N. The Labute approximate surface area is 174 Å².